The Labute approximate surface area is 209 Å². The minimum Gasteiger partial charge on any atom is -0.376 e. The minimum atomic E-state index is -0.394. The van der Waals surface area contributed by atoms with Gasteiger partial charge in [0.2, 0.25) is 5.82 Å². The number of urea groups is 1. The number of aromatic nitrogens is 2. The summed E-state index contributed by atoms with van der Waals surface area (Å²) >= 11 is 1.68. The molecule has 0 spiro atoms. The second-order valence-corrected chi connectivity index (χ2v) is 9.75. The first kappa shape index (κ1) is 23.6. The van der Waals surface area contributed by atoms with Crippen molar-refractivity contribution in [2.45, 2.75) is 50.2 Å². The molecule has 3 heterocycles. The normalized spacial score (nSPS) is 20.4. The third-order valence-corrected chi connectivity index (χ3v) is 7.48. The van der Waals surface area contributed by atoms with Crippen LogP contribution in [0.15, 0.2) is 63.6 Å². The molecule has 1 saturated heterocycles. The molecule has 1 aromatic heterocycles. The number of carbonyl (C=O) groups excluding carboxylic acids is 1. The number of allylic oxidation sites excluding steroid dienone is 1. The second-order valence-electron chi connectivity index (χ2n) is 8.87. The van der Waals surface area contributed by atoms with Crippen LogP contribution in [0.25, 0.3) is 17.0 Å². The molecule has 2 aliphatic heterocycles. The van der Waals surface area contributed by atoms with Crippen LogP contribution in [0.5, 0.6) is 0 Å². The van der Waals surface area contributed by atoms with E-state index >= 15 is 0 Å². The van der Waals surface area contributed by atoms with Crippen LogP contribution in [0.1, 0.15) is 49.7 Å². The number of amides is 2. The third-order valence-electron chi connectivity index (χ3n) is 6.73. The Morgan fingerprint density at radius 3 is 2.57 bits per heavy atom. The van der Waals surface area contributed by atoms with Crippen molar-refractivity contribution < 1.29 is 14.1 Å². The number of ether oxygens (including phenoxy) is 1. The summed E-state index contributed by atoms with van der Waals surface area (Å²) in [5, 5.41) is 7.45. The van der Waals surface area contributed by atoms with E-state index in [0.717, 1.165) is 53.2 Å². The van der Waals surface area contributed by atoms with E-state index in [9.17, 15) is 4.79 Å². The molecule has 2 amide bonds. The lowest BCUT2D eigenvalue weighted by atomic mass is 9.94. The van der Waals surface area contributed by atoms with Crippen molar-refractivity contribution >= 4 is 23.4 Å². The number of benzene rings is 2. The van der Waals surface area contributed by atoms with Crippen molar-refractivity contribution in [2.24, 2.45) is 0 Å². The SMILES string of the molecule is CCc1ccc(-c2noc(C3=C(C)N(CC4CCCO4)C(=O)NC3c3ccc(SC)cc3)n2)cc1. The highest BCUT2D eigenvalue weighted by Crippen LogP contribution is 2.38. The van der Waals surface area contributed by atoms with Gasteiger partial charge in [0.05, 0.1) is 24.3 Å². The molecule has 0 bridgehead atoms. The first-order valence-electron chi connectivity index (χ1n) is 12.0. The number of rotatable bonds is 7. The van der Waals surface area contributed by atoms with E-state index in [4.69, 9.17) is 14.2 Å². The molecule has 1 N–H and O–H groups in total. The molecule has 0 aliphatic carbocycles. The lowest BCUT2D eigenvalue weighted by Crippen LogP contribution is -2.48. The molecule has 35 heavy (non-hydrogen) atoms. The van der Waals surface area contributed by atoms with E-state index in [1.807, 2.05) is 37.4 Å². The van der Waals surface area contributed by atoms with Crippen LogP contribution in [-0.4, -0.2) is 46.6 Å². The van der Waals surface area contributed by atoms with Gasteiger partial charge in [-0.05, 0) is 55.7 Å². The highest BCUT2D eigenvalue weighted by Gasteiger charge is 2.37. The largest absolute Gasteiger partial charge is 0.376 e. The molecule has 2 atom stereocenters. The number of thioether (sulfide) groups is 1. The minimum absolute atomic E-state index is 0.0321. The Morgan fingerprint density at radius 1 is 1.14 bits per heavy atom. The van der Waals surface area contributed by atoms with E-state index in [2.05, 4.69) is 41.7 Å². The Kier molecular flexibility index (Phi) is 6.92. The van der Waals surface area contributed by atoms with Gasteiger partial charge in [-0.15, -0.1) is 11.8 Å². The molecular formula is C27H30N4O3S. The zero-order chi connectivity index (χ0) is 24.4. The number of aryl methyl sites for hydroxylation is 1. The molecule has 2 aliphatic rings. The standard InChI is InChI=1S/C27H30N4O3S/c1-4-18-7-9-20(10-8-18)25-29-26(34-30-25)23-17(2)31(16-21-6-5-15-33-21)27(32)28-24(23)19-11-13-22(35-3)14-12-19/h7-14,21,24H,4-6,15-16H2,1-3H3,(H,28,32). The monoisotopic (exact) mass is 490 g/mol. The van der Waals surface area contributed by atoms with Gasteiger partial charge in [-0.1, -0.05) is 48.5 Å². The Balaban J connectivity index is 1.54. The van der Waals surface area contributed by atoms with E-state index in [-0.39, 0.29) is 12.1 Å². The predicted octanol–water partition coefficient (Wildman–Crippen LogP) is 5.70. The van der Waals surface area contributed by atoms with E-state index < -0.39 is 6.04 Å². The fourth-order valence-electron chi connectivity index (χ4n) is 4.66. The maximum Gasteiger partial charge on any atom is 0.322 e. The molecule has 1 fully saturated rings. The number of hydrogen-bond acceptors (Lipinski definition) is 6. The zero-order valence-corrected chi connectivity index (χ0v) is 21.1. The Bertz CT molecular complexity index is 1210. The van der Waals surface area contributed by atoms with Crippen molar-refractivity contribution in [2.75, 3.05) is 19.4 Å². The number of carbonyl (C=O) groups is 1. The van der Waals surface area contributed by atoms with Crippen LogP contribution < -0.4 is 5.32 Å². The topological polar surface area (TPSA) is 80.5 Å². The average Bonchev–Trinajstić information content (AvgIpc) is 3.59. The maximum atomic E-state index is 13.2. The van der Waals surface area contributed by atoms with Gasteiger partial charge in [0.1, 0.15) is 0 Å². The highest BCUT2D eigenvalue weighted by atomic mass is 32.2. The van der Waals surface area contributed by atoms with E-state index in [0.29, 0.717) is 18.3 Å². The Morgan fingerprint density at radius 2 is 1.91 bits per heavy atom. The summed E-state index contributed by atoms with van der Waals surface area (Å²) in [5.74, 6) is 0.940. The van der Waals surface area contributed by atoms with Gasteiger partial charge < -0.3 is 14.6 Å². The average molecular weight is 491 g/mol. The van der Waals surface area contributed by atoms with Crippen LogP contribution in [-0.2, 0) is 11.2 Å². The summed E-state index contributed by atoms with van der Waals surface area (Å²) in [4.78, 5) is 20.9. The second kappa shape index (κ2) is 10.3. The Hall–Kier alpha value is -3.10. The summed E-state index contributed by atoms with van der Waals surface area (Å²) in [6, 6.07) is 15.9. The van der Waals surface area contributed by atoms with Gasteiger partial charge in [-0.3, -0.25) is 4.90 Å². The first-order valence-corrected chi connectivity index (χ1v) is 13.3. The lowest BCUT2D eigenvalue weighted by molar-refractivity contribution is 0.0877. The lowest BCUT2D eigenvalue weighted by Gasteiger charge is -2.36. The number of nitrogens with zero attached hydrogens (tertiary/aromatic N) is 3. The summed E-state index contributed by atoms with van der Waals surface area (Å²) < 4.78 is 11.6. The van der Waals surface area contributed by atoms with Crippen molar-refractivity contribution in [3.05, 3.63) is 71.2 Å². The van der Waals surface area contributed by atoms with Gasteiger partial charge in [0, 0.05) is 22.8 Å². The van der Waals surface area contributed by atoms with Gasteiger partial charge in [-0.2, -0.15) is 4.98 Å². The summed E-state index contributed by atoms with van der Waals surface area (Å²) in [6.45, 7) is 5.32. The molecule has 3 aromatic rings. The van der Waals surface area contributed by atoms with Gasteiger partial charge in [0.15, 0.2) is 0 Å². The van der Waals surface area contributed by atoms with Crippen LogP contribution >= 0.6 is 11.8 Å². The molecule has 7 nitrogen and oxygen atoms in total. The van der Waals surface area contributed by atoms with Crippen molar-refractivity contribution in [3.63, 3.8) is 0 Å². The molecule has 182 valence electrons. The summed E-state index contributed by atoms with van der Waals surface area (Å²) in [5.41, 5.74) is 4.73. The van der Waals surface area contributed by atoms with Crippen molar-refractivity contribution in [1.29, 1.82) is 0 Å². The predicted molar refractivity (Wildman–Crippen MR) is 137 cm³/mol. The van der Waals surface area contributed by atoms with Gasteiger partial charge in [0.25, 0.3) is 5.89 Å². The fourth-order valence-corrected chi connectivity index (χ4v) is 5.06. The number of nitrogens with one attached hydrogen (secondary N) is 1. The van der Waals surface area contributed by atoms with E-state index in [1.165, 1.54) is 5.56 Å². The smallest absolute Gasteiger partial charge is 0.322 e. The van der Waals surface area contributed by atoms with Crippen LogP contribution in [0.4, 0.5) is 4.79 Å². The van der Waals surface area contributed by atoms with Crippen LogP contribution in [0, 0.1) is 0 Å². The van der Waals surface area contributed by atoms with Crippen molar-refractivity contribution in [3.8, 4) is 11.4 Å². The molecule has 8 heteroatoms. The van der Waals surface area contributed by atoms with Crippen LogP contribution in [0.2, 0.25) is 0 Å². The molecule has 0 saturated carbocycles. The molecule has 5 rings (SSSR count). The summed E-state index contributed by atoms with van der Waals surface area (Å²) in [7, 11) is 0. The molecule has 0 radical (unpaired) electrons. The fraction of sp³-hybridized carbons (Fsp3) is 0.370. The van der Waals surface area contributed by atoms with Gasteiger partial charge in [-0.25, -0.2) is 4.79 Å². The van der Waals surface area contributed by atoms with Crippen molar-refractivity contribution in [1.82, 2.24) is 20.4 Å². The molecule has 2 unspecified atom stereocenters. The first-order chi connectivity index (χ1) is 17.1. The molecular weight excluding hydrogens is 460 g/mol. The van der Waals surface area contributed by atoms with Crippen LogP contribution in [0.3, 0.4) is 0 Å². The highest BCUT2D eigenvalue weighted by molar-refractivity contribution is 7.98. The third kappa shape index (κ3) is 4.86. The maximum absolute atomic E-state index is 13.2. The zero-order valence-electron chi connectivity index (χ0n) is 20.3. The number of hydrogen-bond donors (Lipinski definition) is 1. The quantitative estimate of drug-likeness (QED) is 0.428. The molecule has 2 aromatic carbocycles. The summed E-state index contributed by atoms with van der Waals surface area (Å²) in [6.07, 6.45) is 5.02. The van der Waals surface area contributed by atoms with E-state index in [1.54, 1.807) is 16.7 Å². The van der Waals surface area contributed by atoms with Gasteiger partial charge >= 0.3 is 6.03 Å².